The van der Waals surface area contributed by atoms with Gasteiger partial charge in [-0.2, -0.15) is 13.2 Å². The second kappa shape index (κ2) is 6.63. The van der Waals surface area contributed by atoms with Gasteiger partial charge in [0.1, 0.15) is 0 Å². The van der Waals surface area contributed by atoms with Gasteiger partial charge >= 0.3 is 6.18 Å². The Kier molecular flexibility index (Phi) is 5.44. The number of alkyl halides is 3. The standard InChI is InChI=1S/C12H18F3N3O/c1-2-8(5-6-16)17-9-3-4-11(18-19)10(7-9)12(13,14)15/h3-4,7-8,17-19H,2,5-6,16H2,1H3. The van der Waals surface area contributed by atoms with Crippen LogP contribution >= 0.6 is 0 Å². The van der Waals surface area contributed by atoms with E-state index in [-0.39, 0.29) is 11.7 Å². The molecule has 0 saturated carbocycles. The summed E-state index contributed by atoms with van der Waals surface area (Å²) in [5.74, 6) is 0. The predicted molar refractivity (Wildman–Crippen MR) is 68.2 cm³/mol. The fourth-order valence-corrected chi connectivity index (χ4v) is 1.78. The highest BCUT2D eigenvalue weighted by atomic mass is 19.4. The molecule has 0 spiro atoms. The summed E-state index contributed by atoms with van der Waals surface area (Å²) < 4.78 is 38.4. The van der Waals surface area contributed by atoms with Gasteiger partial charge in [0.2, 0.25) is 0 Å². The largest absolute Gasteiger partial charge is 0.418 e. The molecule has 108 valence electrons. The number of nitrogens with two attached hydrogens (primary N) is 1. The lowest BCUT2D eigenvalue weighted by Gasteiger charge is -2.19. The third kappa shape index (κ3) is 4.29. The Bertz CT molecular complexity index is 410. The first kappa shape index (κ1) is 15.6. The van der Waals surface area contributed by atoms with E-state index in [9.17, 15) is 13.2 Å². The van der Waals surface area contributed by atoms with Crippen LogP contribution in [0.1, 0.15) is 25.3 Å². The lowest BCUT2D eigenvalue weighted by Crippen LogP contribution is -2.22. The molecular weight excluding hydrogens is 259 g/mol. The molecule has 4 nitrogen and oxygen atoms in total. The zero-order chi connectivity index (χ0) is 14.5. The zero-order valence-corrected chi connectivity index (χ0v) is 10.6. The molecule has 0 bridgehead atoms. The van der Waals surface area contributed by atoms with Gasteiger partial charge in [0.15, 0.2) is 0 Å². The molecule has 0 saturated heterocycles. The van der Waals surface area contributed by atoms with Gasteiger partial charge in [0.05, 0.1) is 11.3 Å². The molecule has 0 aliphatic heterocycles. The summed E-state index contributed by atoms with van der Waals surface area (Å²) in [5.41, 5.74) is 6.06. The first-order valence-corrected chi connectivity index (χ1v) is 6.00. The molecular formula is C12H18F3N3O. The maximum atomic E-state index is 12.8. The quantitative estimate of drug-likeness (QED) is 0.603. The molecule has 0 radical (unpaired) electrons. The molecule has 0 fully saturated rings. The molecule has 1 aromatic carbocycles. The first-order chi connectivity index (χ1) is 8.92. The van der Waals surface area contributed by atoms with Crippen molar-refractivity contribution in [2.75, 3.05) is 17.3 Å². The minimum Gasteiger partial charge on any atom is -0.382 e. The molecule has 1 aromatic rings. The van der Waals surface area contributed by atoms with Crippen LogP contribution in [0.3, 0.4) is 0 Å². The summed E-state index contributed by atoms with van der Waals surface area (Å²) >= 11 is 0. The van der Waals surface area contributed by atoms with E-state index >= 15 is 0 Å². The van der Waals surface area contributed by atoms with Crippen molar-refractivity contribution in [2.45, 2.75) is 32.0 Å². The second-order valence-electron chi connectivity index (χ2n) is 4.20. The summed E-state index contributed by atoms with van der Waals surface area (Å²) in [6.07, 6.45) is -3.09. The van der Waals surface area contributed by atoms with Crippen LogP contribution in [-0.2, 0) is 6.18 Å². The average Bonchev–Trinajstić information content (AvgIpc) is 2.37. The van der Waals surface area contributed by atoms with Crippen LogP contribution in [0.25, 0.3) is 0 Å². The van der Waals surface area contributed by atoms with Crippen molar-refractivity contribution in [1.82, 2.24) is 0 Å². The van der Waals surface area contributed by atoms with Gasteiger partial charge in [0, 0.05) is 11.7 Å². The third-order valence-electron chi connectivity index (χ3n) is 2.82. The van der Waals surface area contributed by atoms with Gasteiger partial charge in [-0.1, -0.05) is 6.92 Å². The highest BCUT2D eigenvalue weighted by molar-refractivity contribution is 5.60. The SMILES string of the molecule is CCC(CCN)Nc1ccc(NO)c(C(F)(F)F)c1. The maximum absolute atomic E-state index is 12.8. The van der Waals surface area contributed by atoms with Crippen molar-refractivity contribution in [3.8, 4) is 0 Å². The lowest BCUT2D eigenvalue weighted by atomic mass is 10.1. The third-order valence-corrected chi connectivity index (χ3v) is 2.82. The Labute approximate surface area is 109 Å². The van der Waals surface area contributed by atoms with E-state index in [1.54, 1.807) is 5.48 Å². The summed E-state index contributed by atoms with van der Waals surface area (Å²) in [6.45, 7) is 2.40. The number of anilines is 2. The topological polar surface area (TPSA) is 70.3 Å². The fraction of sp³-hybridized carbons (Fsp3) is 0.500. The van der Waals surface area contributed by atoms with E-state index in [0.717, 1.165) is 12.5 Å². The smallest absolute Gasteiger partial charge is 0.382 e. The van der Waals surface area contributed by atoms with Crippen LogP contribution in [0.4, 0.5) is 24.5 Å². The molecule has 7 heteroatoms. The van der Waals surface area contributed by atoms with Crippen LogP contribution in [-0.4, -0.2) is 17.8 Å². The van der Waals surface area contributed by atoms with Gasteiger partial charge in [-0.05, 0) is 37.6 Å². The van der Waals surface area contributed by atoms with Crippen molar-refractivity contribution < 1.29 is 18.4 Å². The van der Waals surface area contributed by atoms with Crippen LogP contribution in [0.15, 0.2) is 18.2 Å². The molecule has 1 unspecified atom stereocenters. The van der Waals surface area contributed by atoms with Crippen molar-refractivity contribution in [3.05, 3.63) is 23.8 Å². The predicted octanol–water partition coefficient (Wildman–Crippen LogP) is 3.05. The number of nitrogens with one attached hydrogen (secondary N) is 2. The van der Waals surface area contributed by atoms with E-state index in [1.807, 2.05) is 6.92 Å². The van der Waals surface area contributed by atoms with Gasteiger partial charge in [0.25, 0.3) is 0 Å². The van der Waals surface area contributed by atoms with Crippen LogP contribution < -0.4 is 16.5 Å². The molecule has 5 N–H and O–H groups in total. The van der Waals surface area contributed by atoms with Crippen LogP contribution in [0, 0.1) is 0 Å². The normalized spacial score (nSPS) is 13.2. The van der Waals surface area contributed by atoms with Gasteiger partial charge in [-0.3, -0.25) is 10.7 Å². The van der Waals surface area contributed by atoms with Crippen molar-refractivity contribution >= 4 is 11.4 Å². The minimum atomic E-state index is -4.53. The fourth-order valence-electron chi connectivity index (χ4n) is 1.78. The molecule has 1 atom stereocenters. The lowest BCUT2D eigenvalue weighted by molar-refractivity contribution is -0.137. The van der Waals surface area contributed by atoms with Gasteiger partial charge in [-0.25, -0.2) is 0 Å². The average molecular weight is 277 g/mol. The van der Waals surface area contributed by atoms with E-state index < -0.39 is 11.7 Å². The Balaban J connectivity index is 2.98. The highest BCUT2D eigenvalue weighted by Crippen LogP contribution is 2.36. The van der Waals surface area contributed by atoms with E-state index in [4.69, 9.17) is 10.9 Å². The Hall–Kier alpha value is -1.47. The van der Waals surface area contributed by atoms with Gasteiger partial charge in [-0.15, -0.1) is 0 Å². The molecule has 0 aromatic heterocycles. The summed E-state index contributed by atoms with van der Waals surface area (Å²) in [6, 6.07) is 3.66. The number of rotatable bonds is 6. The molecule has 1 rings (SSSR count). The van der Waals surface area contributed by atoms with E-state index in [2.05, 4.69) is 5.32 Å². The van der Waals surface area contributed by atoms with Crippen molar-refractivity contribution in [3.63, 3.8) is 0 Å². The van der Waals surface area contributed by atoms with E-state index in [0.29, 0.717) is 18.7 Å². The van der Waals surface area contributed by atoms with Gasteiger partial charge < -0.3 is 11.1 Å². The van der Waals surface area contributed by atoms with E-state index in [1.165, 1.54) is 12.1 Å². The summed E-state index contributed by atoms with van der Waals surface area (Å²) in [4.78, 5) is 0. The molecule has 0 aliphatic rings. The van der Waals surface area contributed by atoms with Crippen molar-refractivity contribution in [1.29, 1.82) is 0 Å². The number of halogens is 3. The molecule has 0 aliphatic carbocycles. The summed E-state index contributed by atoms with van der Waals surface area (Å²) in [5, 5.41) is 11.7. The first-order valence-electron chi connectivity index (χ1n) is 6.00. The number of hydrogen-bond donors (Lipinski definition) is 4. The Morgan fingerprint density at radius 2 is 2.05 bits per heavy atom. The van der Waals surface area contributed by atoms with Crippen molar-refractivity contribution in [2.24, 2.45) is 5.73 Å². The van der Waals surface area contributed by atoms with Crippen LogP contribution in [0.5, 0.6) is 0 Å². The number of benzene rings is 1. The summed E-state index contributed by atoms with van der Waals surface area (Å²) in [7, 11) is 0. The minimum absolute atomic E-state index is 0.0269. The molecule has 0 heterocycles. The van der Waals surface area contributed by atoms with Crippen LogP contribution in [0.2, 0.25) is 0 Å². The highest BCUT2D eigenvalue weighted by Gasteiger charge is 2.34. The Morgan fingerprint density at radius 3 is 2.53 bits per heavy atom. The second-order valence-corrected chi connectivity index (χ2v) is 4.20. The molecule has 0 amide bonds. The monoisotopic (exact) mass is 277 g/mol. The maximum Gasteiger partial charge on any atom is 0.418 e. The zero-order valence-electron chi connectivity index (χ0n) is 10.6. The Morgan fingerprint density at radius 1 is 1.37 bits per heavy atom. The molecule has 19 heavy (non-hydrogen) atoms. The number of hydrogen-bond acceptors (Lipinski definition) is 4.